The summed E-state index contributed by atoms with van der Waals surface area (Å²) in [6.07, 6.45) is 1.14. The van der Waals surface area contributed by atoms with E-state index in [0.717, 1.165) is 6.42 Å². The van der Waals surface area contributed by atoms with Gasteiger partial charge in [0.25, 0.3) is 0 Å². The van der Waals surface area contributed by atoms with Crippen LogP contribution in [-0.4, -0.2) is 5.11 Å². The number of hydrogen-bond acceptors (Lipinski definition) is 1. The fraction of sp³-hybridized carbons (Fsp3) is 0.538. The van der Waals surface area contributed by atoms with Gasteiger partial charge in [0.2, 0.25) is 0 Å². The lowest BCUT2D eigenvalue weighted by molar-refractivity contribution is 0.396. The molecule has 0 atom stereocenters. The van der Waals surface area contributed by atoms with Crippen LogP contribution in [0.3, 0.4) is 0 Å². The Morgan fingerprint density at radius 2 is 1.93 bits per heavy atom. The summed E-state index contributed by atoms with van der Waals surface area (Å²) in [5, 5.41) is 9.41. The number of benzene rings is 1. The zero-order chi connectivity index (χ0) is 10.8. The highest BCUT2D eigenvalue weighted by Gasteiger charge is 2.21. The van der Waals surface area contributed by atoms with Crippen LogP contribution in [0.4, 0.5) is 0 Å². The van der Waals surface area contributed by atoms with E-state index in [0.29, 0.717) is 11.7 Å². The van der Waals surface area contributed by atoms with Crippen molar-refractivity contribution in [2.75, 3.05) is 0 Å². The van der Waals surface area contributed by atoms with Crippen LogP contribution >= 0.6 is 0 Å². The molecule has 0 aliphatic rings. The van der Waals surface area contributed by atoms with Crippen LogP contribution in [0.25, 0.3) is 0 Å². The van der Waals surface area contributed by atoms with Gasteiger partial charge in [-0.2, -0.15) is 0 Å². The van der Waals surface area contributed by atoms with Crippen LogP contribution in [0.2, 0.25) is 0 Å². The van der Waals surface area contributed by atoms with E-state index < -0.39 is 0 Å². The minimum absolute atomic E-state index is 0.146. The van der Waals surface area contributed by atoms with Crippen molar-refractivity contribution in [2.45, 2.75) is 39.5 Å². The van der Waals surface area contributed by atoms with Gasteiger partial charge in [-0.05, 0) is 35.4 Å². The largest absolute Gasteiger partial charge is 0.508 e. The lowest BCUT2D eigenvalue weighted by Gasteiger charge is -2.27. The van der Waals surface area contributed by atoms with E-state index in [2.05, 4.69) is 33.8 Å². The van der Waals surface area contributed by atoms with E-state index in [1.165, 1.54) is 5.56 Å². The first-order valence-electron chi connectivity index (χ1n) is 5.21. The highest BCUT2D eigenvalue weighted by atomic mass is 16.3. The molecule has 14 heavy (non-hydrogen) atoms. The first-order chi connectivity index (χ1) is 6.42. The lowest BCUT2D eigenvalue weighted by atomic mass is 9.78. The molecule has 0 bridgehead atoms. The number of hydrogen-bond donors (Lipinski definition) is 1. The summed E-state index contributed by atoms with van der Waals surface area (Å²) in [7, 11) is 0. The number of aromatic hydroxyl groups is 1. The minimum Gasteiger partial charge on any atom is -0.508 e. The molecule has 1 nitrogen and oxygen atoms in total. The van der Waals surface area contributed by atoms with Gasteiger partial charge in [0, 0.05) is 0 Å². The third-order valence-corrected chi connectivity index (χ3v) is 2.55. The van der Waals surface area contributed by atoms with Gasteiger partial charge in [0.15, 0.2) is 0 Å². The van der Waals surface area contributed by atoms with Crippen LogP contribution in [-0.2, 0) is 5.41 Å². The molecule has 78 valence electrons. The molecule has 0 unspecified atom stereocenters. The van der Waals surface area contributed by atoms with Crippen LogP contribution in [0.15, 0.2) is 24.3 Å². The normalized spacial score (nSPS) is 12.1. The fourth-order valence-electron chi connectivity index (χ4n) is 2.07. The molecular formula is C13H20O. The van der Waals surface area contributed by atoms with Crippen LogP contribution in [0.1, 0.15) is 39.7 Å². The molecule has 1 heteroatoms. The van der Waals surface area contributed by atoms with Crippen molar-refractivity contribution in [3.63, 3.8) is 0 Å². The Bertz CT molecular complexity index is 300. The van der Waals surface area contributed by atoms with Crippen LogP contribution in [0, 0.1) is 5.92 Å². The molecule has 1 aromatic carbocycles. The van der Waals surface area contributed by atoms with E-state index >= 15 is 0 Å². The molecular weight excluding hydrogens is 172 g/mol. The van der Waals surface area contributed by atoms with Gasteiger partial charge < -0.3 is 5.11 Å². The summed E-state index contributed by atoms with van der Waals surface area (Å²) in [4.78, 5) is 0. The molecule has 0 amide bonds. The maximum absolute atomic E-state index is 9.41. The van der Waals surface area contributed by atoms with E-state index in [1.54, 1.807) is 6.07 Å². The molecule has 0 aromatic heterocycles. The van der Waals surface area contributed by atoms with Gasteiger partial charge in [0.05, 0.1) is 0 Å². The summed E-state index contributed by atoms with van der Waals surface area (Å²) in [5.74, 6) is 1.03. The Kier molecular flexibility index (Phi) is 3.20. The lowest BCUT2D eigenvalue weighted by Crippen LogP contribution is -2.19. The van der Waals surface area contributed by atoms with Gasteiger partial charge in [-0.1, -0.05) is 39.8 Å². The second kappa shape index (κ2) is 4.04. The standard InChI is InChI=1S/C13H20O/c1-10(2)9-13(3,4)11-6-5-7-12(14)8-11/h5-8,10,14H,9H2,1-4H3. The zero-order valence-corrected chi connectivity index (χ0v) is 9.54. The molecule has 0 radical (unpaired) electrons. The van der Waals surface area contributed by atoms with Crippen molar-refractivity contribution < 1.29 is 5.11 Å². The third kappa shape index (κ3) is 2.76. The van der Waals surface area contributed by atoms with E-state index in [4.69, 9.17) is 0 Å². The molecule has 1 aromatic rings. The maximum atomic E-state index is 9.41. The van der Waals surface area contributed by atoms with Crippen LogP contribution < -0.4 is 0 Å². The Labute approximate surface area is 86.8 Å². The average molecular weight is 192 g/mol. The zero-order valence-electron chi connectivity index (χ0n) is 9.54. The van der Waals surface area contributed by atoms with E-state index in [1.807, 2.05) is 12.1 Å². The summed E-state index contributed by atoms with van der Waals surface area (Å²) in [6, 6.07) is 7.58. The van der Waals surface area contributed by atoms with Crippen molar-refractivity contribution in [3.8, 4) is 5.75 Å². The molecule has 0 saturated carbocycles. The topological polar surface area (TPSA) is 20.2 Å². The second-order valence-electron chi connectivity index (χ2n) is 5.03. The Morgan fingerprint density at radius 3 is 2.43 bits per heavy atom. The van der Waals surface area contributed by atoms with Crippen molar-refractivity contribution in [1.29, 1.82) is 0 Å². The number of phenolic OH excluding ortho intramolecular Hbond substituents is 1. The molecule has 0 aliphatic heterocycles. The van der Waals surface area contributed by atoms with Crippen LogP contribution in [0.5, 0.6) is 5.75 Å². The van der Waals surface area contributed by atoms with Gasteiger partial charge in [0.1, 0.15) is 5.75 Å². The van der Waals surface area contributed by atoms with E-state index in [9.17, 15) is 5.11 Å². The Morgan fingerprint density at radius 1 is 1.29 bits per heavy atom. The first-order valence-corrected chi connectivity index (χ1v) is 5.21. The maximum Gasteiger partial charge on any atom is 0.115 e. The summed E-state index contributed by atoms with van der Waals surface area (Å²) in [6.45, 7) is 8.90. The predicted molar refractivity (Wildman–Crippen MR) is 60.6 cm³/mol. The SMILES string of the molecule is CC(C)CC(C)(C)c1cccc(O)c1. The van der Waals surface area contributed by atoms with Crippen molar-refractivity contribution in [3.05, 3.63) is 29.8 Å². The summed E-state index contributed by atoms with van der Waals surface area (Å²) < 4.78 is 0. The predicted octanol–water partition coefficient (Wildman–Crippen LogP) is 3.72. The highest BCUT2D eigenvalue weighted by Crippen LogP contribution is 2.31. The first kappa shape index (κ1) is 11.1. The number of phenols is 1. The summed E-state index contributed by atoms with van der Waals surface area (Å²) >= 11 is 0. The van der Waals surface area contributed by atoms with Gasteiger partial charge >= 0.3 is 0 Å². The quantitative estimate of drug-likeness (QED) is 0.774. The molecule has 1 N–H and O–H groups in total. The molecule has 0 fully saturated rings. The Balaban J connectivity index is 2.91. The fourth-order valence-corrected chi connectivity index (χ4v) is 2.07. The molecule has 0 heterocycles. The average Bonchev–Trinajstić information content (AvgIpc) is 2.01. The Hall–Kier alpha value is -0.980. The van der Waals surface area contributed by atoms with Gasteiger partial charge in [-0.25, -0.2) is 0 Å². The van der Waals surface area contributed by atoms with Crippen molar-refractivity contribution in [2.24, 2.45) is 5.92 Å². The molecule has 0 aliphatic carbocycles. The second-order valence-corrected chi connectivity index (χ2v) is 5.03. The van der Waals surface area contributed by atoms with Gasteiger partial charge in [-0.3, -0.25) is 0 Å². The smallest absolute Gasteiger partial charge is 0.115 e. The molecule has 0 saturated heterocycles. The third-order valence-electron chi connectivity index (χ3n) is 2.55. The van der Waals surface area contributed by atoms with Gasteiger partial charge in [-0.15, -0.1) is 0 Å². The minimum atomic E-state index is 0.146. The molecule has 0 spiro atoms. The van der Waals surface area contributed by atoms with Crippen molar-refractivity contribution in [1.82, 2.24) is 0 Å². The molecule has 1 rings (SSSR count). The van der Waals surface area contributed by atoms with E-state index in [-0.39, 0.29) is 5.41 Å². The number of rotatable bonds is 3. The highest BCUT2D eigenvalue weighted by molar-refractivity contribution is 5.32. The monoisotopic (exact) mass is 192 g/mol. The van der Waals surface area contributed by atoms with Crippen molar-refractivity contribution >= 4 is 0 Å². The summed E-state index contributed by atoms with van der Waals surface area (Å²) in [5.41, 5.74) is 1.36.